The molecule has 1 heterocycles. The molecule has 1 aromatic carbocycles. The summed E-state index contributed by atoms with van der Waals surface area (Å²) < 4.78 is 1.62. The van der Waals surface area contributed by atoms with E-state index in [2.05, 4.69) is 43.5 Å². The molecule has 3 rings (SSSR count). The molecular weight excluding hydrogens is 636 g/mol. The van der Waals surface area contributed by atoms with Crippen molar-refractivity contribution in [3.63, 3.8) is 0 Å². The molecule has 3 N–H and O–H groups in total. The fourth-order valence-electron chi connectivity index (χ4n) is 2.08. The number of halogens is 3. The van der Waals surface area contributed by atoms with Gasteiger partial charge in [-0.2, -0.15) is 0 Å². The van der Waals surface area contributed by atoms with Gasteiger partial charge in [-0.1, -0.05) is 6.08 Å². The van der Waals surface area contributed by atoms with Gasteiger partial charge in [0.15, 0.2) is 17.2 Å². The SMILES string of the molecule is O=c1c(O)c2sc(/C=C/c3cc(O)c(O)c(Br)c3)ncc-2c(I)c1I. The van der Waals surface area contributed by atoms with Crippen LogP contribution in [0.2, 0.25) is 0 Å². The Balaban J connectivity index is 2.06. The second kappa shape index (κ2) is 7.37. The molecule has 0 atom stereocenters. The fourth-order valence-corrected chi connectivity index (χ4v) is 4.83. The number of nitrogens with zero attached hydrogens (tertiary/aromatic N) is 1. The maximum absolute atomic E-state index is 12.1. The van der Waals surface area contributed by atoms with E-state index in [-0.39, 0.29) is 22.7 Å². The molecule has 2 aliphatic rings. The molecule has 0 fully saturated rings. The summed E-state index contributed by atoms with van der Waals surface area (Å²) in [5, 5.41) is 29.9. The smallest absolute Gasteiger partial charge is 0.235 e. The van der Waals surface area contributed by atoms with Gasteiger partial charge in [-0.3, -0.25) is 4.79 Å². The minimum atomic E-state index is -0.387. The standard InChI is InChI=1S/C16H8BrI2NO4S/c17-8-3-6(4-9(21)13(8)22)1-2-10-20-5-7-11(18)12(19)14(23)15(24)16(7)25-10/h1-5,21-22,24H/b2-1+. The van der Waals surface area contributed by atoms with Crippen LogP contribution in [0.25, 0.3) is 22.6 Å². The van der Waals surface area contributed by atoms with Crippen LogP contribution in [0.3, 0.4) is 0 Å². The zero-order valence-corrected chi connectivity index (χ0v) is 18.8. The maximum Gasteiger partial charge on any atom is 0.235 e. The molecule has 25 heavy (non-hydrogen) atoms. The third kappa shape index (κ3) is 3.64. The second-order valence-corrected chi connectivity index (χ2v) is 8.99. The predicted octanol–water partition coefficient (Wildman–Crippen LogP) is 4.87. The number of hydrogen-bond acceptors (Lipinski definition) is 6. The lowest BCUT2D eigenvalue weighted by Gasteiger charge is -2.10. The highest BCUT2D eigenvalue weighted by Crippen LogP contribution is 2.39. The van der Waals surface area contributed by atoms with Crippen molar-refractivity contribution in [2.75, 3.05) is 0 Å². The lowest BCUT2D eigenvalue weighted by Crippen LogP contribution is -2.09. The van der Waals surface area contributed by atoms with Gasteiger partial charge in [-0.25, -0.2) is 4.98 Å². The number of benzene rings is 2. The van der Waals surface area contributed by atoms with Gasteiger partial charge in [0.2, 0.25) is 5.43 Å². The van der Waals surface area contributed by atoms with E-state index < -0.39 is 0 Å². The molecule has 0 spiro atoms. The van der Waals surface area contributed by atoms with Crippen LogP contribution in [0.15, 0.2) is 27.6 Å². The molecule has 0 saturated heterocycles. The zero-order valence-electron chi connectivity index (χ0n) is 12.1. The summed E-state index contributed by atoms with van der Waals surface area (Å²) in [5.41, 5.74) is 0.999. The minimum absolute atomic E-state index is 0.221. The van der Waals surface area contributed by atoms with Gasteiger partial charge >= 0.3 is 0 Å². The van der Waals surface area contributed by atoms with Crippen molar-refractivity contribution in [3.8, 4) is 27.7 Å². The van der Waals surface area contributed by atoms with Gasteiger partial charge in [0.25, 0.3) is 0 Å². The first-order chi connectivity index (χ1) is 11.8. The number of phenols is 3. The van der Waals surface area contributed by atoms with Crippen molar-refractivity contribution in [3.05, 3.63) is 50.7 Å². The Morgan fingerprint density at radius 2 is 1.80 bits per heavy atom. The molecule has 0 radical (unpaired) electrons. The van der Waals surface area contributed by atoms with Gasteiger partial charge in [-0.15, -0.1) is 11.3 Å². The molecule has 5 nitrogen and oxygen atoms in total. The van der Waals surface area contributed by atoms with E-state index in [1.807, 2.05) is 22.6 Å². The van der Waals surface area contributed by atoms with Crippen molar-refractivity contribution in [1.82, 2.24) is 4.98 Å². The summed E-state index contributed by atoms with van der Waals surface area (Å²) in [4.78, 5) is 16.9. The molecular formula is C16H8BrI2NO4S. The summed E-state index contributed by atoms with van der Waals surface area (Å²) >= 11 is 8.35. The van der Waals surface area contributed by atoms with Crippen LogP contribution < -0.4 is 5.43 Å². The summed E-state index contributed by atoms with van der Waals surface area (Å²) in [5.74, 6) is -0.727. The fraction of sp³-hybridized carbons (Fsp3) is 0. The lowest BCUT2D eigenvalue weighted by molar-refractivity contribution is 0.401. The Morgan fingerprint density at radius 3 is 2.48 bits per heavy atom. The van der Waals surface area contributed by atoms with E-state index in [9.17, 15) is 20.1 Å². The van der Waals surface area contributed by atoms with E-state index in [1.54, 1.807) is 24.4 Å². The first-order valence-electron chi connectivity index (χ1n) is 6.69. The summed E-state index contributed by atoms with van der Waals surface area (Å²) in [6.45, 7) is 0. The van der Waals surface area contributed by atoms with Crippen LogP contribution in [0.1, 0.15) is 10.6 Å². The Morgan fingerprint density at radius 1 is 1.08 bits per heavy atom. The van der Waals surface area contributed by atoms with Crippen LogP contribution in [0.4, 0.5) is 0 Å². The number of rotatable bonds is 2. The number of hydrogen-bond donors (Lipinski definition) is 3. The van der Waals surface area contributed by atoms with Gasteiger partial charge in [0.05, 0.1) is 12.9 Å². The number of phenolic OH excluding ortho intramolecular Hbond substituents is 3. The summed E-state index contributed by atoms with van der Waals surface area (Å²) in [6, 6.07) is 3.07. The average molecular weight is 644 g/mol. The first-order valence-corrected chi connectivity index (χ1v) is 10.5. The number of aromatic nitrogens is 1. The third-order valence-electron chi connectivity index (χ3n) is 3.31. The molecule has 1 aliphatic carbocycles. The van der Waals surface area contributed by atoms with Crippen molar-refractivity contribution in [2.45, 2.75) is 0 Å². The average Bonchev–Trinajstić information content (AvgIpc) is 2.60. The summed E-state index contributed by atoms with van der Waals surface area (Å²) in [6.07, 6.45) is 5.04. The van der Waals surface area contributed by atoms with E-state index in [0.717, 1.165) is 9.13 Å². The Bertz CT molecular complexity index is 1030. The van der Waals surface area contributed by atoms with Crippen LogP contribution >= 0.6 is 72.4 Å². The molecule has 9 heteroatoms. The number of fused-ring (bicyclic) bond motifs is 1. The molecule has 1 aliphatic heterocycles. The van der Waals surface area contributed by atoms with Gasteiger partial charge < -0.3 is 15.3 Å². The maximum atomic E-state index is 12.1. The Hall–Kier alpha value is -0.920. The third-order valence-corrected chi connectivity index (χ3v) is 8.17. The topological polar surface area (TPSA) is 90.7 Å². The van der Waals surface area contributed by atoms with Crippen LogP contribution in [-0.4, -0.2) is 20.3 Å². The quantitative estimate of drug-likeness (QED) is 0.274. The molecule has 1 aromatic rings. The Kier molecular flexibility index (Phi) is 5.56. The monoisotopic (exact) mass is 643 g/mol. The summed E-state index contributed by atoms with van der Waals surface area (Å²) in [7, 11) is 0. The van der Waals surface area contributed by atoms with Crippen molar-refractivity contribution in [2.24, 2.45) is 0 Å². The van der Waals surface area contributed by atoms with Crippen LogP contribution in [0.5, 0.6) is 17.2 Å². The van der Waals surface area contributed by atoms with Crippen LogP contribution in [0, 0.1) is 7.14 Å². The molecule has 0 unspecified atom stereocenters. The van der Waals surface area contributed by atoms with Gasteiger partial charge in [-0.05, 0) is 84.9 Å². The van der Waals surface area contributed by atoms with Crippen molar-refractivity contribution in [1.29, 1.82) is 0 Å². The zero-order chi connectivity index (χ0) is 18.3. The highest BCUT2D eigenvalue weighted by molar-refractivity contribution is 14.1. The van der Waals surface area contributed by atoms with E-state index >= 15 is 0 Å². The normalized spacial score (nSPS) is 11.5. The largest absolute Gasteiger partial charge is 0.504 e. The predicted molar refractivity (Wildman–Crippen MR) is 119 cm³/mol. The minimum Gasteiger partial charge on any atom is -0.504 e. The van der Waals surface area contributed by atoms with Crippen LogP contribution in [-0.2, 0) is 0 Å². The molecule has 0 bridgehead atoms. The van der Waals surface area contributed by atoms with E-state index in [1.165, 1.54) is 17.4 Å². The highest BCUT2D eigenvalue weighted by atomic mass is 127. The second-order valence-electron chi connectivity index (χ2n) is 4.95. The highest BCUT2D eigenvalue weighted by Gasteiger charge is 2.20. The molecule has 0 saturated carbocycles. The van der Waals surface area contributed by atoms with Gasteiger partial charge in [0.1, 0.15) is 5.01 Å². The van der Waals surface area contributed by atoms with Crippen molar-refractivity contribution < 1.29 is 15.3 Å². The number of aromatic hydroxyl groups is 3. The lowest BCUT2D eigenvalue weighted by atomic mass is 10.2. The van der Waals surface area contributed by atoms with Gasteiger partial charge in [0, 0.05) is 15.3 Å². The Labute approximate surface area is 181 Å². The van der Waals surface area contributed by atoms with E-state index in [4.69, 9.17) is 0 Å². The molecule has 0 amide bonds. The van der Waals surface area contributed by atoms with Crippen molar-refractivity contribution >= 4 is 84.6 Å². The molecule has 0 aromatic heterocycles. The van der Waals surface area contributed by atoms with E-state index in [0.29, 0.717) is 23.5 Å². The molecule has 128 valence electrons. The first kappa shape index (κ1) is 18.9.